The zero-order valence-electron chi connectivity index (χ0n) is 11.1. The summed E-state index contributed by atoms with van der Waals surface area (Å²) in [4.78, 5) is 0.137. The van der Waals surface area contributed by atoms with Crippen molar-refractivity contribution in [3.05, 3.63) is 47.3 Å². The molecule has 0 aliphatic carbocycles. The largest absolute Gasteiger partial charge is 0.281 e. The second kappa shape index (κ2) is 5.45. The highest BCUT2D eigenvalue weighted by molar-refractivity contribution is 7.89. The number of nitrogens with one attached hydrogen (secondary N) is 2. The summed E-state index contributed by atoms with van der Waals surface area (Å²) < 4.78 is 27.0. The van der Waals surface area contributed by atoms with E-state index < -0.39 is 16.1 Å². The van der Waals surface area contributed by atoms with Crippen molar-refractivity contribution in [1.29, 1.82) is 5.26 Å². The quantitative estimate of drug-likeness (QED) is 0.894. The maximum absolute atomic E-state index is 12.2. The van der Waals surface area contributed by atoms with Gasteiger partial charge >= 0.3 is 0 Å². The van der Waals surface area contributed by atoms with Gasteiger partial charge in [-0.15, -0.1) is 0 Å². The minimum absolute atomic E-state index is 0.137. The summed E-state index contributed by atoms with van der Waals surface area (Å²) in [5, 5.41) is 15.0. The fraction of sp³-hybridized carbons (Fsp3) is 0.231. The van der Waals surface area contributed by atoms with Gasteiger partial charge in [0.05, 0.1) is 23.5 Å². The molecular formula is C13H14N4O2S. The van der Waals surface area contributed by atoms with Gasteiger partial charge in [0.15, 0.2) is 0 Å². The molecule has 0 saturated heterocycles. The molecule has 20 heavy (non-hydrogen) atoms. The Morgan fingerprint density at radius 2 is 2.00 bits per heavy atom. The molecular weight excluding hydrogens is 276 g/mol. The van der Waals surface area contributed by atoms with Crippen LogP contribution in [0.15, 0.2) is 35.4 Å². The minimum atomic E-state index is -3.62. The predicted octanol–water partition coefficient (Wildman–Crippen LogP) is 1.63. The number of aromatic amines is 1. The van der Waals surface area contributed by atoms with Crippen LogP contribution < -0.4 is 4.72 Å². The molecule has 1 aromatic carbocycles. The summed E-state index contributed by atoms with van der Waals surface area (Å²) in [6, 6.07) is 8.39. The van der Waals surface area contributed by atoms with Gasteiger partial charge < -0.3 is 0 Å². The maximum Gasteiger partial charge on any atom is 0.244 e. The molecule has 6 nitrogen and oxygen atoms in total. The number of nitriles is 1. The number of benzene rings is 1. The van der Waals surface area contributed by atoms with E-state index in [1.165, 1.54) is 6.20 Å². The highest BCUT2D eigenvalue weighted by atomic mass is 32.2. The molecule has 1 heterocycles. The molecule has 0 fully saturated rings. The van der Waals surface area contributed by atoms with Crippen molar-refractivity contribution >= 4 is 10.0 Å². The van der Waals surface area contributed by atoms with E-state index in [9.17, 15) is 8.42 Å². The van der Waals surface area contributed by atoms with Crippen molar-refractivity contribution in [3.63, 3.8) is 0 Å². The average Bonchev–Trinajstić information content (AvgIpc) is 2.85. The maximum atomic E-state index is 12.2. The SMILES string of the molecule is Cc1[nH]ncc1S(=O)(=O)NC(C)c1ccc(C#N)cc1. The van der Waals surface area contributed by atoms with Gasteiger partial charge in [-0.3, -0.25) is 5.10 Å². The molecule has 0 bridgehead atoms. The van der Waals surface area contributed by atoms with Crippen LogP contribution in [0.5, 0.6) is 0 Å². The lowest BCUT2D eigenvalue weighted by Gasteiger charge is -2.14. The topological polar surface area (TPSA) is 98.6 Å². The first kappa shape index (κ1) is 14.2. The number of nitrogens with zero attached hydrogens (tertiary/aromatic N) is 2. The van der Waals surface area contributed by atoms with Gasteiger partial charge in [0, 0.05) is 6.04 Å². The Bertz CT molecular complexity index is 741. The third kappa shape index (κ3) is 2.87. The Morgan fingerprint density at radius 1 is 1.35 bits per heavy atom. The van der Waals surface area contributed by atoms with Crippen LogP contribution >= 0.6 is 0 Å². The van der Waals surface area contributed by atoms with Gasteiger partial charge in [0.25, 0.3) is 0 Å². The van der Waals surface area contributed by atoms with Gasteiger partial charge in [-0.05, 0) is 31.5 Å². The highest BCUT2D eigenvalue weighted by Gasteiger charge is 2.21. The molecule has 0 spiro atoms. The summed E-state index contributed by atoms with van der Waals surface area (Å²) in [5.74, 6) is 0. The van der Waals surface area contributed by atoms with Crippen LogP contribution in [0.1, 0.15) is 29.8 Å². The molecule has 0 saturated carbocycles. The fourth-order valence-corrected chi connectivity index (χ4v) is 3.19. The van der Waals surface area contributed by atoms with E-state index in [1.807, 2.05) is 6.07 Å². The van der Waals surface area contributed by atoms with Crippen molar-refractivity contribution in [1.82, 2.24) is 14.9 Å². The number of rotatable bonds is 4. The molecule has 0 aliphatic heterocycles. The van der Waals surface area contributed by atoms with E-state index in [2.05, 4.69) is 14.9 Å². The van der Waals surface area contributed by atoms with Crippen molar-refractivity contribution in [2.75, 3.05) is 0 Å². The molecule has 0 amide bonds. The number of hydrogen-bond donors (Lipinski definition) is 2. The predicted molar refractivity (Wildman–Crippen MR) is 73.2 cm³/mol. The summed E-state index contributed by atoms with van der Waals surface area (Å²) in [6.45, 7) is 3.39. The van der Waals surface area contributed by atoms with Crippen molar-refractivity contribution in [3.8, 4) is 6.07 Å². The van der Waals surface area contributed by atoms with Crippen LogP contribution in [0.4, 0.5) is 0 Å². The summed E-state index contributed by atoms with van der Waals surface area (Å²) in [7, 11) is -3.62. The fourth-order valence-electron chi connectivity index (χ4n) is 1.82. The van der Waals surface area contributed by atoms with E-state index in [4.69, 9.17) is 5.26 Å². The van der Waals surface area contributed by atoms with Crippen molar-refractivity contribution in [2.45, 2.75) is 24.8 Å². The molecule has 1 aromatic heterocycles. The smallest absolute Gasteiger partial charge is 0.244 e. The van der Waals surface area contributed by atoms with Crippen LogP contribution in [0.25, 0.3) is 0 Å². The molecule has 1 atom stereocenters. The lowest BCUT2D eigenvalue weighted by molar-refractivity contribution is 0.566. The van der Waals surface area contributed by atoms with Gasteiger partial charge in [0.2, 0.25) is 10.0 Å². The summed E-state index contributed by atoms with van der Waals surface area (Å²) in [6.07, 6.45) is 1.28. The van der Waals surface area contributed by atoms with E-state index >= 15 is 0 Å². The average molecular weight is 290 g/mol. The molecule has 0 aliphatic rings. The number of sulfonamides is 1. The Hall–Kier alpha value is -2.17. The van der Waals surface area contributed by atoms with Crippen LogP contribution in [0.3, 0.4) is 0 Å². The Balaban J connectivity index is 2.21. The Morgan fingerprint density at radius 3 is 2.50 bits per heavy atom. The van der Waals surface area contributed by atoms with Crippen LogP contribution in [-0.4, -0.2) is 18.6 Å². The first-order valence-electron chi connectivity index (χ1n) is 5.96. The third-order valence-corrected chi connectivity index (χ3v) is 4.60. The molecule has 0 radical (unpaired) electrons. The molecule has 2 N–H and O–H groups in total. The van der Waals surface area contributed by atoms with Crippen molar-refractivity contribution < 1.29 is 8.42 Å². The number of H-pyrrole nitrogens is 1. The first-order chi connectivity index (χ1) is 9.44. The Kier molecular flexibility index (Phi) is 3.88. The van der Waals surface area contributed by atoms with Crippen LogP contribution in [-0.2, 0) is 10.0 Å². The molecule has 104 valence electrons. The molecule has 1 unspecified atom stereocenters. The van der Waals surface area contributed by atoms with Crippen LogP contribution in [0.2, 0.25) is 0 Å². The summed E-state index contributed by atoms with van der Waals surface area (Å²) in [5.41, 5.74) is 1.81. The number of aromatic nitrogens is 2. The van der Waals surface area contributed by atoms with E-state index in [1.54, 1.807) is 38.1 Å². The molecule has 7 heteroatoms. The lowest BCUT2D eigenvalue weighted by Crippen LogP contribution is -2.27. The standard InChI is InChI=1S/C13H14N4O2S/c1-9(12-5-3-11(7-14)4-6-12)17-20(18,19)13-8-15-16-10(13)2/h3-6,8-9,17H,1-2H3,(H,15,16). The second-order valence-electron chi connectivity index (χ2n) is 4.44. The first-order valence-corrected chi connectivity index (χ1v) is 7.44. The van der Waals surface area contributed by atoms with E-state index in [-0.39, 0.29) is 4.90 Å². The van der Waals surface area contributed by atoms with Gasteiger partial charge in [-0.25, -0.2) is 13.1 Å². The highest BCUT2D eigenvalue weighted by Crippen LogP contribution is 2.18. The van der Waals surface area contributed by atoms with Gasteiger partial charge in [-0.2, -0.15) is 10.4 Å². The normalized spacial score (nSPS) is 12.8. The minimum Gasteiger partial charge on any atom is -0.281 e. The monoisotopic (exact) mass is 290 g/mol. The third-order valence-electron chi connectivity index (χ3n) is 2.94. The van der Waals surface area contributed by atoms with Gasteiger partial charge in [0.1, 0.15) is 4.90 Å². The molecule has 2 rings (SSSR count). The summed E-state index contributed by atoms with van der Waals surface area (Å²) >= 11 is 0. The van der Waals surface area contributed by atoms with E-state index in [0.717, 1.165) is 5.56 Å². The Labute approximate surface area is 117 Å². The second-order valence-corrected chi connectivity index (χ2v) is 6.12. The number of aryl methyl sites for hydroxylation is 1. The van der Waals surface area contributed by atoms with Crippen LogP contribution in [0, 0.1) is 18.3 Å². The van der Waals surface area contributed by atoms with Crippen molar-refractivity contribution in [2.24, 2.45) is 0 Å². The zero-order valence-corrected chi connectivity index (χ0v) is 11.9. The van der Waals surface area contributed by atoms with Gasteiger partial charge in [-0.1, -0.05) is 12.1 Å². The van der Waals surface area contributed by atoms with E-state index in [0.29, 0.717) is 11.3 Å². The molecule has 2 aromatic rings. The lowest BCUT2D eigenvalue weighted by atomic mass is 10.1. The number of hydrogen-bond acceptors (Lipinski definition) is 4. The zero-order chi connectivity index (χ0) is 14.8.